The summed E-state index contributed by atoms with van der Waals surface area (Å²) < 4.78 is 7.19. The fraction of sp³-hybridized carbons (Fsp3) is 0.385. The lowest BCUT2D eigenvalue weighted by molar-refractivity contribution is 0.442. The summed E-state index contributed by atoms with van der Waals surface area (Å²) in [5.41, 5.74) is 8.21. The molecule has 0 atom stereocenters. The second-order valence-corrected chi connectivity index (χ2v) is 5.20. The largest absolute Gasteiger partial charge is 0.382 e. The molecule has 2 N–H and O–H groups in total. The molecule has 0 unspecified atom stereocenters. The molecule has 0 fully saturated rings. The molecule has 3 aromatic heterocycles. The van der Waals surface area contributed by atoms with E-state index in [2.05, 4.69) is 25.1 Å². The maximum atomic E-state index is 5.79. The lowest BCUT2D eigenvalue weighted by Gasteiger charge is -2.21. The van der Waals surface area contributed by atoms with Crippen molar-refractivity contribution in [1.82, 2.24) is 24.9 Å². The van der Waals surface area contributed by atoms with E-state index in [4.69, 9.17) is 10.3 Å². The maximum Gasteiger partial charge on any atom is 0.263 e. The number of hydrogen-bond donors (Lipinski definition) is 1. The van der Waals surface area contributed by atoms with Crippen LogP contribution in [-0.2, 0) is 13.1 Å². The van der Waals surface area contributed by atoms with E-state index in [1.807, 2.05) is 17.7 Å². The predicted molar refractivity (Wildman–Crippen MR) is 76.6 cm³/mol. The third kappa shape index (κ3) is 1.91. The van der Waals surface area contributed by atoms with E-state index < -0.39 is 0 Å². The second kappa shape index (κ2) is 4.44. The SMILES string of the molecule is Cc1noc2ncnc(N3CCCn4nc(N)cc4C3)c12. The van der Waals surface area contributed by atoms with E-state index in [9.17, 15) is 0 Å². The van der Waals surface area contributed by atoms with Crippen LogP contribution in [0.15, 0.2) is 16.9 Å². The Labute approximate surface area is 120 Å². The van der Waals surface area contributed by atoms with E-state index in [0.29, 0.717) is 18.1 Å². The van der Waals surface area contributed by atoms with Crippen LogP contribution in [0.3, 0.4) is 0 Å². The van der Waals surface area contributed by atoms with Gasteiger partial charge >= 0.3 is 0 Å². The van der Waals surface area contributed by atoms with Crippen molar-refractivity contribution in [2.24, 2.45) is 0 Å². The van der Waals surface area contributed by atoms with Gasteiger partial charge in [0, 0.05) is 19.2 Å². The molecule has 3 aromatic rings. The molecule has 0 aromatic carbocycles. The quantitative estimate of drug-likeness (QED) is 0.715. The van der Waals surface area contributed by atoms with Gasteiger partial charge in [-0.3, -0.25) is 4.68 Å². The molecular formula is C13H15N7O. The first kappa shape index (κ1) is 12.1. The lowest BCUT2D eigenvalue weighted by Crippen LogP contribution is -2.24. The van der Waals surface area contributed by atoms with Crippen LogP contribution in [0.5, 0.6) is 0 Å². The first-order valence-electron chi connectivity index (χ1n) is 6.86. The minimum absolute atomic E-state index is 0.523. The fourth-order valence-electron chi connectivity index (χ4n) is 2.81. The second-order valence-electron chi connectivity index (χ2n) is 5.20. The minimum atomic E-state index is 0.523. The number of fused-ring (bicyclic) bond motifs is 2. The van der Waals surface area contributed by atoms with Crippen LogP contribution < -0.4 is 10.6 Å². The first-order chi connectivity index (χ1) is 10.2. The number of rotatable bonds is 1. The van der Waals surface area contributed by atoms with Crippen LogP contribution in [0.1, 0.15) is 17.8 Å². The molecule has 0 bridgehead atoms. The molecule has 1 aliphatic rings. The average Bonchev–Trinajstić information content (AvgIpc) is 2.95. The number of aryl methyl sites for hydroxylation is 2. The van der Waals surface area contributed by atoms with Crippen molar-refractivity contribution in [2.75, 3.05) is 17.2 Å². The Morgan fingerprint density at radius 2 is 2.19 bits per heavy atom. The van der Waals surface area contributed by atoms with Crippen molar-refractivity contribution in [3.8, 4) is 0 Å². The number of nitrogens with two attached hydrogens (primary N) is 1. The zero-order chi connectivity index (χ0) is 14.4. The van der Waals surface area contributed by atoms with Crippen LogP contribution in [0.25, 0.3) is 11.1 Å². The van der Waals surface area contributed by atoms with Gasteiger partial charge in [-0.15, -0.1) is 0 Å². The maximum absolute atomic E-state index is 5.79. The van der Waals surface area contributed by atoms with E-state index in [1.54, 1.807) is 0 Å². The molecule has 0 amide bonds. The molecule has 4 rings (SSSR count). The highest BCUT2D eigenvalue weighted by Crippen LogP contribution is 2.28. The van der Waals surface area contributed by atoms with Crippen LogP contribution >= 0.6 is 0 Å². The topological polar surface area (TPSA) is 98.9 Å². The Hall–Kier alpha value is -2.64. The molecule has 8 heteroatoms. The summed E-state index contributed by atoms with van der Waals surface area (Å²) in [6.45, 7) is 4.36. The van der Waals surface area contributed by atoms with Crippen LogP contribution in [0.2, 0.25) is 0 Å². The molecule has 0 spiro atoms. The molecule has 0 radical (unpaired) electrons. The Morgan fingerprint density at radius 3 is 3.10 bits per heavy atom. The van der Waals surface area contributed by atoms with Gasteiger partial charge in [0.2, 0.25) is 0 Å². The standard InChI is InChI=1S/C13H15N7O/c1-8-11-12(15-7-16-13(11)21-18-8)19-3-2-4-20-9(6-19)5-10(14)17-20/h5,7H,2-4,6H2,1H3,(H2,14,17). The van der Waals surface area contributed by atoms with Gasteiger partial charge in [0.05, 0.1) is 17.9 Å². The van der Waals surface area contributed by atoms with E-state index in [-0.39, 0.29) is 0 Å². The van der Waals surface area contributed by atoms with Gasteiger partial charge in [-0.05, 0) is 13.3 Å². The lowest BCUT2D eigenvalue weighted by atomic mass is 10.2. The van der Waals surface area contributed by atoms with Gasteiger partial charge in [-0.1, -0.05) is 5.16 Å². The summed E-state index contributed by atoms with van der Waals surface area (Å²) in [4.78, 5) is 10.8. The third-order valence-corrected chi connectivity index (χ3v) is 3.76. The zero-order valence-electron chi connectivity index (χ0n) is 11.7. The van der Waals surface area contributed by atoms with Crippen LogP contribution in [-0.4, -0.2) is 31.4 Å². The van der Waals surface area contributed by atoms with E-state index >= 15 is 0 Å². The summed E-state index contributed by atoms with van der Waals surface area (Å²) in [5, 5.41) is 9.17. The van der Waals surface area contributed by atoms with Gasteiger partial charge in [0.1, 0.15) is 23.3 Å². The molecule has 0 saturated heterocycles. The van der Waals surface area contributed by atoms with Crippen molar-refractivity contribution in [2.45, 2.75) is 26.4 Å². The molecule has 4 heterocycles. The monoisotopic (exact) mass is 285 g/mol. The smallest absolute Gasteiger partial charge is 0.263 e. The number of hydrogen-bond acceptors (Lipinski definition) is 7. The van der Waals surface area contributed by atoms with Gasteiger partial charge in [0.25, 0.3) is 5.71 Å². The number of anilines is 2. The molecule has 0 aliphatic carbocycles. The molecule has 0 saturated carbocycles. The van der Waals surface area contributed by atoms with Crippen molar-refractivity contribution >= 4 is 22.7 Å². The zero-order valence-corrected chi connectivity index (χ0v) is 11.7. The molecule has 8 nitrogen and oxygen atoms in total. The van der Waals surface area contributed by atoms with Crippen LogP contribution in [0.4, 0.5) is 11.6 Å². The minimum Gasteiger partial charge on any atom is -0.382 e. The van der Waals surface area contributed by atoms with Crippen LogP contribution in [0, 0.1) is 6.92 Å². The average molecular weight is 285 g/mol. The highest BCUT2D eigenvalue weighted by atomic mass is 16.5. The van der Waals surface area contributed by atoms with Crippen molar-refractivity contribution < 1.29 is 4.52 Å². The Kier molecular flexibility index (Phi) is 2.56. The summed E-state index contributed by atoms with van der Waals surface area (Å²) in [6, 6.07) is 1.91. The summed E-state index contributed by atoms with van der Waals surface area (Å²) in [6.07, 6.45) is 2.49. The first-order valence-corrected chi connectivity index (χ1v) is 6.86. The summed E-state index contributed by atoms with van der Waals surface area (Å²) in [5.74, 6) is 1.41. The molecule has 108 valence electrons. The summed E-state index contributed by atoms with van der Waals surface area (Å²) >= 11 is 0. The van der Waals surface area contributed by atoms with Crippen molar-refractivity contribution in [3.63, 3.8) is 0 Å². The number of nitrogens with zero attached hydrogens (tertiary/aromatic N) is 6. The van der Waals surface area contributed by atoms with E-state index in [1.165, 1.54) is 6.33 Å². The molecular weight excluding hydrogens is 270 g/mol. The normalized spacial score (nSPS) is 15.2. The third-order valence-electron chi connectivity index (χ3n) is 3.76. The van der Waals surface area contributed by atoms with Gasteiger partial charge in [-0.25, -0.2) is 4.98 Å². The fourth-order valence-corrected chi connectivity index (χ4v) is 2.81. The highest BCUT2D eigenvalue weighted by molar-refractivity contribution is 5.87. The predicted octanol–water partition coefficient (Wildman–Crippen LogP) is 1.12. The number of aromatic nitrogens is 5. The van der Waals surface area contributed by atoms with Crippen molar-refractivity contribution in [3.05, 3.63) is 23.8 Å². The highest BCUT2D eigenvalue weighted by Gasteiger charge is 2.21. The Morgan fingerprint density at radius 1 is 1.29 bits per heavy atom. The molecule has 1 aliphatic heterocycles. The van der Waals surface area contributed by atoms with E-state index in [0.717, 1.165) is 42.1 Å². The Balaban J connectivity index is 1.80. The summed E-state index contributed by atoms with van der Waals surface area (Å²) in [7, 11) is 0. The van der Waals surface area contributed by atoms with Gasteiger partial charge in [-0.2, -0.15) is 10.1 Å². The molecule has 21 heavy (non-hydrogen) atoms. The Bertz CT molecular complexity index is 806. The van der Waals surface area contributed by atoms with Crippen molar-refractivity contribution in [1.29, 1.82) is 0 Å². The number of nitrogen functional groups attached to an aromatic ring is 1. The van der Waals surface area contributed by atoms with Gasteiger partial charge < -0.3 is 15.2 Å². The van der Waals surface area contributed by atoms with Gasteiger partial charge in [0.15, 0.2) is 0 Å².